The molecule has 3 aromatic heterocycles. The summed E-state index contributed by atoms with van der Waals surface area (Å²) >= 11 is 0. The number of hydrogen-bond donors (Lipinski definition) is 6. The smallest absolute Gasteiger partial charge is 0.435 e. The van der Waals surface area contributed by atoms with E-state index in [-0.39, 0.29) is 48.0 Å². The zero-order chi connectivity index (χ0) is 31.1. The number of carbonyl (C=O) groups excluding carboxylic acids is 2. The third kappa shape index (κ3) is 7.09. The fourth-order valence-electron chi connectivity index (χ4n) is 4.71. The van der Waals surface area contributed by atoms with Crippen molar-refractivity contribution in [2.24, 2.45) is 11.7 Å². The van der Waals surface area contributed by atoms with Crippen molar-refractivity contribution in [2.45, 2.75) is 38.4 Å². The van der Waals surface area contributed by atoms with Crippen LogP contribution < -0.4 is 21.7 Å². The Morgan fingerprint density at radius 1 is 1.21 bits per heavy atom. The number of H-pyrrole nitrogens is 1. The molecule has 0 unspecified atom stereocenters. The van der Waals surface area contributed by atoms with Gasteiger partial charge in [0.2, 0.25) is 5.91 Å². The van der Waals surface area contributed by atoms with Gasteiger partial charge in [-0.3, -0.25) is 23.9 Å². The highest BCUT2D eigenvalue weighted by Gasteiger charge is 2.37. The summed E-state index contributed by atoms with van der Waals surface area (Å²) in [4.78, 5) is 41.8. The number of rotatable bonds is 9. The lowest BCUT2D eigenvalue weighted by molar-refractivity contribution is -0.140. The van der Waals surface area contributed by atoms with Gasteiger partial charge in [-0.1, -0.05) is 6.92 Å². The Morgan fingerprint density at radius 3 is 2.60 bits per heavy atom. The molecular weight excluding hydrogens is 571 g/mol. The molecule has 0 atom stereocenters. The van der Waals surface area contributed by atoms with E-state index in [9.17, 15) is 22.8 Å². The van der Waals surface area contributed by atoms with E-state index in [0.717, 1.165) is 5.56 Å². The zero-order valence-electron chi connectivity index (χ0n) is 23.0. The van der Waals surface area contributed by atoms with Crippen LogP contribution in [0.4, 0.5) is 24.7 Å². The maximum Gasteiger partial charge on any atom is 0.435 e. The molecule has 5 rings (SSSR count). The summed E-state index contributed by atoms with van der Waals surface area (Å²) in [7, 11) is 0. The second-order valence-electron chi connectivity index (χ2n) is 9.69. The Bertz CT molecular complexity index is 1600. The summed E-state index contributed by atoms with van der Waals surface area (Å²) in [6.07, 6.45) is 2.80. The van der Waals surface area contributed by atoms with Gasteiger partial charge in [0.25, 0.3) is 12.4 Å². The zero-order valence-corrected chi connectivity index (χ0v) is 23.0. The van der Waals surface area contributed by atoms with E-state index in [1.165, 1.54) is 29.2 Å². The van der Waals surface area contributed by atoms with Gasteiger partial charge >= 0.3 is 6.18 Å². The van der Waals surface area contributed by atoms with Crippen LogP contribution in [0, 0.1) is 5.92 Å². The molecule has 0 bridgehead atoms. The number of anilines is 2. The fourth-order valence-corrected chi connectivity index (χ4v) is 4.71. The molecule has 1 aliphatic carbocycles. The highest BCUT2D eigenvalue weighted by atomic mass is 19.4. The van der Waals surface area contributed by atoms with Gasteiger partial charge in [0.1, 0.15) is 0 Å². The lowest BCUT2D eigenvalue weighted by atomic mass is 9.80. The molecule has 43 heavy (non-hydrogen) atoms. The number of alkyl halides is 3. The second kappa shape index (κ2) is 13.3. The fraction of sp³-hybridized carbons (Fsp3) is 0.333. The molecule has 0 aliphatic heterocycles. The van der Waals surface area contributed by atoms with Gasteiger partial charge in [0, 0.05) is 54.9 Å². The van der Waals surface area contributed by atoms with Crippen LogP contribution in [-0.2, 0) is 22.2 Å². The van der Waals surface area contributed by atoms with Crippen LogP contribution in [0.25, 0.3) is 16.9 Å². The van der Waals surface area contributed by atoms with E-state index in [1.54, 1.807) is 12.1 Å². The van der Waals surface area contributed by atoms with Gasteiger partial charge in [-0.25, -0.2) is 9.97 Å². The lowest BCUT2D eigenvalue weighted by Crippen LogP contribution is -2.46. The van der Waals surface area contributed by atoms with Crippen LogP contribution in [-0.4, -0.2) is 67.1 Å². The number of fused-ring (bicyclic) bond motifs is 1. The van der Waals surface area contributed by atoms with Crippen molar-refractivity contribution in [3.63, 3.8) is 0 Å². The first kappa shape index (κ1) is 31.0. The Morgan fingerprint density at radius 2 is 1.93 bits per heavy atom. The molecule has 4 aromatic rings. The first-order valence-corrected chi connectivity index (χ1v) is 13.3. The van der Waals surface area contributed by atoms with Gasteiger partial charge in [-0.05, 0) is 43.0 Å². The van der Waals surface area contributed by atoms with Crippen LogP contribution in [0.2, 0.25) is 0 Å². The van der Waals surface area contributed by atoms with Crippen molar-refractivity contribution in [3.05, 3.63) is 59.8 Å². The molecule has 1 aromatic carbocycles. The van der Waals surface area contributed by atoms with Gasteiger partial charge < -0.3 is 26.8 Å². The lowest BCUT2D eigenvalue weighted by Gasteiger charge is -2.31. The van der Waals surface area contributed by atoms with Crippen molar-refractivity contribution in [2.75, 3.05) is 18.4 Å². The van der Waals surface area contributed by atoms with Gasteiger partial charge in [-0.2, -0.15) is 18.3 Å². The van der Waals surface area contributed by atoms with Gasteiger partial charge in [0.15, 0.2) is 17.2 Å². The largest absolute Gasteiger partial charge is 0.483 e. The maximum atomic E-state index is 13.4. The number of aromatic amines is 1. The Kier molecular flexibility index (Phi) is 9.59. The van der Waals surface area contributed by atoms with Crippen LogP contribution >= 0.6 is 0 Å². The molecular formula is C27H30F3N9O4. The van der Waals surface area contributed by atoms with E-state index in [0.29, 0.717) is 48.5 Å². The minimum Gasteiger partial charge on any atom is -0.483 e. The predicted molar refractivity (Wildman–Crippen MR) is 149 cm³/mol. The molecule has 0 saturated heterocycles. The van der Waals surface area contributed by atoms with Crippen molar-refractivity contribution in [3.8, 4) is 11.3 Å². The van der Waals surface area contributed by atoms with Crippen LogP contribution in [0.3, 0.4) is 0 Å². The predicted octanol–water partition coefficient (Wildman–Crippen LogP) is 2.73. The van der Waals surface area contributed by atoms with Gasteiger partial charge in [0.05, 0.1) is 17.5 Å². The Labute approximate surface area is 243 Å². The van der Waals surface area contributed by atoms with E-state index < -0.39 is 11.9 Å². The number of aromatic nitrogens is 5. The number of carbonyl (C=O) groups is 3. The number of nitrogens with two attached hydrogens (primary N) is 1. The molecule has 7 N–H and O–H groups in total. The number of hydrogen-bond acceptors (Lipinski definition) is 8. The molecule has 2 amide bonds. The van der Waals surface area contributed by atoms with Crippen molar-refractivity contribution >= 4 is 35.4 Å². The minimum absolute atomic E-state index is 0.0422. The normalized spacial score (nSPS) is 16.0. The number of imidazole rings is 1. The van der Waals surface area contributed by atoms with E-state index in [4.69, 9.17) is 15.6 Å². The number of nitrogens with one attached hydrogen (secondary N) is 4. The van der Waals surface area contributed by atoms with E-state index in [2.05, 4.69) is 36.1 Å². The number of halogens is 3. The number of carboxylic acid groups (broad SMARTS) is 1. The van der Waals surface area contributed by atoms with Crippen molar-refractivity contribution in [1.29, 1.82) is 0 Å². The molecule has 3 heterocycles. The molecule has 16 heteroatoms. The quantitative estimate of drug-likeness (QED) is 0.124. The Balaban J connectivity index is 0.00000135. The number of benzene rings is 1. The summed E-state index contributed by atoms with van der Waals surface area (Å²) in [5.41, 5.74) is 6.98. The summed E-state index contributed by atoms with van der Waals surface area (Å²) in [5.74, 6) is -0.0241. The number of nitrogens with zero attached hydrogens (tertiary/aromatic N) is 4. The molecule has 0 spiro atoms. The standard InChI is InChI=1S/C26H28F3N9O2.CH2O2/c1-2-14-11-17(3-4-18(14)25(40)33-6-5-32-24(39)15-9-16(30)10-15)36-22-23-34-13-20(38(23)8-7-31-22)19-12-35-37-21(19)26(27,28)29;2-1-3/h3-4,7-8,11-13,15-16H,2,5-6,9-10,30H2,1H3,(H,31,36)(H,32,39)(H,33,40)(H,35,37);1H,(H,2,3). The third-order valence-electron chi connectivity index (χ3n) is 6.86. The summed E-state index contributed by atoms with van der Waals surface area (Å²) in [6.45, 7) is 2.28. The summed E-state index contributed by atoms with van der Waals surface area (Å²) in [5, 5.41) is 21.3. The van der Waals surface area contributed by atoms with Gasteiger partial charge in [-0.15, -0.1) is 0 Å². The summed E-state index contributed by atoms with van der Waals surface area (Å²) in [6, 6.07) is 5.30. The number of aryl methyl sites for hydroxylation is 1. The SMILES string of the molecule is CCc1cc(Nc2nccn3c(-c4c[nH]nc4C(F)(F)F)cnc23)ccc1C(=O)NCCNC(=O)C1CC(N)C1.O=CO. The first-order valence-electron chi connectivity index (χ1n) is 13.3. The Hall–Kier alpha value is -4.99. The third-order valence-corrected chi connectivity index (χ3v) is 6.86. The molecule has 1 aliphatic rings. The average molecular weight is 602 g/mol. The molecule has 0 radical (unpaired) electrons. The minimum atomic E-state index is -4.63. The molecule has 1 fully saturated rings. The number of amides is 2. The molecule has 1 saturated carbocycles. The first-order chi connectivity index (χ1) is 20.6. The van der Waals surface area contributed by atoms with Crippen molar-refractivity contribution < 1.29 is 32.7 Å². The van der Waals surface area contributed by atoms with Crippen molar-refractivity contribution in [1.82, 2.24) is 35.2 Å². The topological polar surface area (TPSA) is 192 Å². The van der Waals surface area contributed by atoms with Crippen LogP contribution in [0.15, 0.2) is 43.0 Å². The highest BCUT2D eigenvalue weighted by Crippen LogP contribution is 2.36. The maximum absolute atomic E-state index is 13.4. The highest BCUT2D eigenvalue weighted by molar-refractivity contribution is 5.96. The summed E-state index contributed by atoms with van der Waals surface area (Å²) < 4.78 is 41.7. The molecule has 13 nitrogen and oxygen atoms in total. The second-order valence-corrected chi connectivity index (χ2v) is 9.69. The van der Waals surface area contributed by atoms with E-state index >= 15 is 0 Å². The molecule has 228 valence electrons. The monoisotopic (exact) mass is 601 g/mol. The van der Waals surface area contributed by atoms with E-state index in [1.807, 2.05) is 13.0 Å². The average Bonchev–Trinajstić information content (AvgIpc) is 3.62. The van der Waals surface area contributed by atoms with Crippen LogP contribution in [0.5, 0.6) is 0 Å². The van der Waals surface area contributed by atoms with Crippen LogP contribution in [0.1, 0.15) is 41.4 Å².